The molecule has 1 aromatic rings. The van der Waals surface area contributed by atoms with Gasteiger partial charge >= 0.3 is 12.0 Å². The minimum atomic E-state index is -1.47. The van der Waals surface area contributed by atoms with E-state index in [0.717, 1.165) is 5.56 Å². The van der Waals surface area contributed by atoms with Crippen molar-refractivity contribution in [3.05, 3.63) is 29.8 Å². The molecule has 7 heteroatoms. The highest BCUT2D eigenvalue weighted by Gasteiger charge is 2.15. The lowest BCUT2D eigenvalue weighted by atomic mass is 10.2. The summed E-state index contributed by atoms with van der Waals surface area (Å²) < 4.78 is 5.21. The summed E-state index contributed by atoms with van der Waals surface area (Å²) in [6, 6.07) is 7.02. The number of hydrogen-bond donors (Lipinski definition) is 3. The number of nitrogens with zero attached hydrogens (tertiary/aromatic N) is 1. The monoisotopic (exact) mass is 296 g/mol. The zero-order valence-corrected chi connectivity index (χ0v) is 12.1. The summed E-state index contributed by atoms with van der Waals surface area (Å²) in [5.74, 6) is -0.606. The number of carboxylic acid groups (broad SMARTS) is 1. The second kappa shape index (κ2) is 8.11. The van der Waals surface area contributed by atoms with E-state index in [-0.39, 0.29) is 19.0 Å². The Hall–Kier alpha value is -2.28. The largest absolute Gasteiger partial charge is 0.496 e. The summed E-state index contributed by atoms with van der Waals surface area (Å²) in [7, 11) is 3.18. The van der Waals surface area contributed by atoms with Crippen LogP contribution in [0.5, 0.6) is 5.75 Å². The maximum absolute atomic E-state index is 11.8. The van der Waals surface area contributed by atoms with Crippen LogP contribution < -0.4 is 10.1 Å². The molecule has 0 spiro atoms. The third kappa shape index (κ3) is 5.31. The Morgan fingerprint density at radius 1 is 1.38 bits per heavy atom. The highest BCUT2D eigenvalue weighted by Crippen LogP contribution is 2.18. The fourth-order valence-corrected chi connectivity index (χ4v) is 1.74. The van der Waals surface area contributed by atoms with Gasteiger partial charge < -0.3 is 25.2 Å². The topological polar surface area (TPSA) is 99.1 Å². The van der Waals surface area contributed by atoms with E-state index < -0.39 is 12.1 Å². The highest BCUT2D eigenvalue weighted by atomic mass is 16.5. The lowest BCUT2D eigenvalue weighted by Crippen LogP contribution is -2.38. The molecule has 0 saturated carbocycles. The minimum absolute atomic E-state index is 0.0381. The van der Waals surface area contributed by atoms with Crippen molar-refractivity contribution < 1.29 is 24.5 Å². The van der Waals surface area contributed by atoms with Crippen molar-refractivity contribution in [2.24, 2.45) is 0 Å². The molecule has 0 bridgehead atoms. The van der Waals surface area contributed by atoms with Crippen LogP contribution in [0.1, 0.15) is 12.0 Å². The number of methoxy groups -OCH3 is 1. The summed E-state index contributed by atoms with van der Waals surface area (Å²) in [4.78, 5) is 23.7. The molecule has 0 unspecified atom stereocenters. The van der Waals surface area contributed by atoms with Gasteiger partial charge in [0.1, 0.15) is 5.75 Å². The number of carbonyl (C=O) groups excluding carboxylic acids is 1. The molecule has 21 heavy (non-hydrogen) atoms. The number of para-hydroxylation sites is 1. The molecular weight excluding hydrogens is 276 g/mol. The molecule has 0 aliphatic heterocycles. The number of ether oxygens (including phenoxy) is 1. The van der Waals surface area contributed by atoms with Gasteiger partial charge in [0.25, 0.3) is 0 Å². The van der Waals surface area contributed by atoms with Crippen LogP contribution in [-0.4, -0.2) is 53.9 Å². The number of hydrogen-bond acceptors (Lipinski definition) is 4. The van der Waals surface area contributed by atoms with E-state index in [1.807, 2.05) is 24.3 Å². The van der Waals surface area contributed by atoms with Gasteiger partial charge in [0.05, 0.1) is 13.7 Å². The first kappa shape index (κ1) is 16.8. The van der Waals surface area contributed by atoms with Crippen LogP contribution >= 0.6 is 0 Å². The van der Waals surface area contributed by atoms with Crippen LogP contribution in [0.4, 0.5) is 4.79 Å². The molecule has 0 fully saturated rings. The molecule has 7 nitrogen and oxygen atoms in total. The predicted octanol–water partition coefficient (Wildman–Crippen LogP) is 0.672. The third-order valence-corrected chi connectivity index (χ3v) is 2.93. The lowest BCUT2D eigenvalue weighted by molar-refractivity contribution is -0.146. The summed E-state index contributed by atoms with van der Waals surface area (Å²) in [5, 5.41) is 20.2. The quantitative estimate of drug-likeness (QED) is 0.687. The van der Waals surface area contributed by atoms with Gasteiger partial charge in [0.2, 0.25) is 0 Å². The standard InChI is InChI=1S/C14H20N2O5/c1-16(9-10-5-3-4-6-12(10)21-2)14(20)15-8-7-11(17)13(18)19/h3-6,11,17H,7-9H2,1-2H3,(H,15,20)(H,18,19)/t11-/m0/s1. The molecule has 116 valence electrons. The molecule has 0 heterocycles. The van der Waals surface area contributed by atoms with Crippen molar-refractivity contribution in [1.29, 1.82) is 0 Å². The number of aliphatic hydroxyl groups excluding tert-OH is 1. The molecular formula is C14H20N2O5. The second-order valence-corrected chi connectivity index (χ2v) is 4.54. The number of carboxylic acids is 1. The van der Waals surface area contributed by atoms with Crippen LogP contribution in [0.25, 0.3) is 0 Å². The van der Waals surface area contributed by atoms with Crippen LogP contribution in [0.2, 0.25) is 0 Å². The number of carbonyl (C=O) groups is 2. The van der Waals surface area contributed by atoms with Crippen molar-refractivity contribution in [3.63, 3.8) is 0 Å². The molecule has 0 aromatic heterocycles. The number of nitrogens with one attached hydrogen (secondary N) is 1. The van der Waals surface area contributed by atoms with Gasteiger partial charge in [-0.2, -0.15) is 0 Å². The lowest BCUT2D eigenvalue weighted by Gasteiger charge is -2.19. The first-order chi connectivity index (χ1) is 9.95. The van der Waals surface area contributed by atoms with Gasteiger partial charge in [-0.3, -0.25) is 0 Å². The summed E-state index contributed by atoms with van der Waals surface area (Å²) in [5.41, 5.74) is 0.864. The average molecular weight is 296 g/mol. The Bertz CT molecular complexity index is 492. The Balaban J connectivity index is 2.46. The molecule has 2 amide bonds. The molecule has 1 aromatic carbocycles. The molecule has 0 saturated heterocycles. The zero-order chi connectivity index (χ0) is 15.8. The third-order valence-electron chi connectivity index (χ3n) is 2.93. The number of aliphatic carboxylic acids is 1. The Kier molecular flexibility index (Phi) is 6.48. The fourth-order valence-electron chi connectivity index (χ4n) is 1.74. The molecule has 0 aliphatic rings. The van der Waals surface area contributed by atoms with Gasteiger partial charge in [-0.15, -0.1) is 0 Å². The number of amides is 2. The highest BCUT2D eigenvalue weighted by molar-refractivity contribution is 5.74. The predicted molar refractivity (Wildman–Crippen MR) is 76.1 cm³/mol. The van der Waals surface area contributed by atoms with E-state index in [2.05, 4.69) is 5.32 Å². The van der Waals surface area contributed by atoms with Crippen LogP contribution in [0.15, 0.2) is 24.3 Å². The van der Waals surface area contributed by atoms with Crippen molar-refractivity contribution in [2.45, 2.75) is 19.1 Å². The van der Waals surface area contributed by atoms with Crippen LogP contribution in [0.3, 0.4) is 0 Å². The normalized spacial score (nSPS) is 11.6. The number of aliphatic hydroxyl groups is 1. The number of benzene rings is 1. The Morgan fingerprint density at radius 2 is 2.05 bits per heavy atom. The van der Waals surface area contributed by atoms with Crippen molar-refractivity contribution in [1.82, 2.24) is 10.2 Å². The molecule has 3 N–H and O–H groups in total. The average Bonchev–Trinajstić information content (AvgIpc) is 2.47. The van der Waals surface area contributed by atoms with E-state index in [0.29, 0.717) is 12.3 Å². The summed E-state index contributed by atoms with van der Waals surface area (Å²) in [6.07, 6.45) is -1.51. The molecule has 0 aliphatic carbocycles. The first-order valence-corrected chi connectivity index (χ1v) is 6.47. The van der Waals surface area contributed by atoms with Gasteiger partial charge in [-0.25, -0.2) is 9.59 Å². The molecule has 0 radical (unpaired) electrons. The van der Waals surface area contributed by atoms with Gasteiger partial charge in [-0.05, 0) is 6.07 Å². The van der Waals surface area contributed by atoms with Gasteiger partial charge in [0, 0.05) is 25.6 Å². The Morgan fingerprint density at radius 3 is 2.67 bits per heavy atom. The van der Waals surface area contributed by atoms with E-state index in [4.69, 9.17) is 14.9 Å². The maximum atomic E-state index is 11.8. The van der Waals surface area contributed by atoms with Crippen molar-refractivity contribution in [2.75, 3.05) is 20.7 Å². The SMILES string of the molecule is COc1ccccc1CN(C)C(=O)NCC[C@H](O)C(=O)O. The smallest absolute Gasteiger partial charge is 0.332 e. The number of urea groups is 1. The van der Waals surface area contributed by atoms with Crippen LogP contribution in [-0.2, 0) is 11.3 Å². The second-order valence-electron chi connectivity index (χ2n) is 4.54. The first-order valence-electron chi connectivity index (χ1n) is 6.47. The van der Waals surface area contributed by atoms with E-state index in [9.17, 15) is 9.59 Å². The van der Waals surface area contributed by atoms with Crippen LogP contribution in [0, 0.1) is 0 Å². The summed E-state index contributed by atoms with van der Waals surface area (Å²) >= 11 is 0. The summed E-state index contributed by atoms with van der Waals surface area (Å²) in [6.45, 7) is 0.444. The fraction of sp³-hybridized carbons (Fsp3) is 0.429. The van der Waals surface area contributed by atoms with Gasteiger partial charge in [0.15, 0.2) is 6.10 Å². The van der Waals surface area contributed by atoms with Crippen molar-refractivity contribution in [3.8, 4) is 5.75 Å². The van der Waals surface area contributed by atoms with E-state index in [1.165, 1.54) is 4.90 Å². The number of rotatable bonds is 7. The van der Waals surface area contributed by atoms with E-state index >= 15 is 0 Å². The Labute approximate surface area is 123 Å². The van der Waals surface area contributed by atoms with E-state index in [1.54, 1.807) is 14.2 Å². The maximum Gasteiger partial charge on any atom is 0.332 e. The zero-order valence-electron chi connectivity index (χ0n) is 12.1. The van der Waals surface area contributed by atoms with Crippen molar-refractivity contribution >= 4 is 12.0 Å². The molecule has 1 atom stereocenters. The minimum Gasteiger partial charge on any atom is -0.496 e. The molecule has 1 rings (SSSR count). The van der Waals surface area contributed by atoms with Gasteiger partial charge in [-0.1, -0.05) is 18.2 Å².